The Labute approximate surface area is 165 Å². The molecule has 2 aromatic carbocycles. The lowest BCUT2D eigenvalue weighted by atomic mass is 10.3. The van der Waals surface area contributed by atoms with E-state index in [2.05, 4.69) is 15.5 Å². The fourth-order valence-electron chi connectivity index (χ4n) is 2.68. The zero-order valence-corrected chi connectivity index (χ0v) is 15.3. The molecule has 6 nitrogen and oxygen atoms in total. The summed E-state index contributed by atoms with van der Waals surface area (Å²) in [5, 5.41) is 11.8. The van der Waals surface area contributed by atoms with Gasteiger partial charge in [0.05, 0.1) is 23.6 Å². The molecule has 2 aromatic heterocycles. The average Bonchev–Trinajstić information content (AvgIpc) is 3.37. The molecule has 0 atom stereocenters. The van der Waals surface area contributed by atoms with E-state index in [0.29, 0.717) is 17.1 Å². The fraction of sp³-hybridized carbons (Fsp3) is 0.0500. The van der Waals surface area contributed by atoms with Gasteiger partial charge in [0, 0.05) is 29.5 Å². The smallest absolute Gasteiger partial charge is 0.254 e. The number of hydrogen-bond acceptors (Lipinski definition) is 3. The predicted octanol–water partition coefficient (Wildman–Crippen LogP) is 3.78. The quantitative estimate of drug-likeness (QED) is 0.559. The van der Waals surface area contributed by atoms with Gasteiger partial charge in [-0.05, 0) is 36.4 Å². The van der Waals surface area contributed by atoms with Crippen molar-refractivity contribution in [3.8, 4) is 11.4 Å². The first-order valence-electron chi connectivity index (χ1n) is 8.47. The van der Waals surface area contributed by atoms with Crippen LogP contribution in [0.1, 0.15) is 15.9 Å². The highest BCUT2D eigenvalue weighted by Crippen LogP contribution is 2.14. The third kappa shape index (κ3) is 3.79. The summed E-state index contributed by atoms with van der Waals surface area (Å²) in [6.45, 7) is 0.303. The molecule has 0 fully saturated rings. The maximum atomic E-state index is 13.8. The van der Waals surface area contributed by atoms with Gasteiger partial charge < -0.3 is 5.32 Å². The van der Waals surface area contributed by atoms with E-state index in [4.69, 9.17) is 11.6 Å². The zero-order chi connectivity index (χ0) is 19.5. The van der Waals surface area contributed by atoms with Gasteiger partial charge in [0.1, 0.15) is 11.5 Å². The molecule has 4 rings (SSSR count). The molecule has 0 aliphatic rings. The lowest BCUT2D eigenvalue weighted by Crippen LogP contribution is -2.22. The summed E-state index contributed by atoms with van der Waals surface area (Å²) in [6.07, 6.45) is 6.40. The summed E-state index contributed by atoms with van der Waals surface area (Å²) in [7, 11) is 0. The summed E-state index contributed by atoms with van der Waals surface area (Å²) in [4.78, 5) is 12.4. The number of carbonyl (C=O) groups is 1. The van der Waals surface area contributed by atoms with E-state index in [0.717, 1.165) is 11.3 Å². The Bertz CT molecular complexity index is 1120. The minimum absolute atomic E-state index is 0.283. The van der Waals surface area contributed by atoms with Crippen molar-refractivity contribution in [3.63, 3.8) is 0 Å². The third-order valence-electron chi connectivity index (χ3n) is 4.12. The van der Waals surface area contributed by atoms with Gasteiger partial charge in [-0.2, -0.15) is 10.2 Å². The first-order valence-corrected chi connectivity index (χ1v) is 8.85. The molecule has 28 heavy (non-hydrogen) atoms. The molecule has 2 heterocycles. The van der Waals surface area contributed by atoms with E-state index in [1.807, 2.05) is 18.3 Å². The van der Waals surface area contributed by atoms with E-state index >= 15 is 0 Å². The van der Waals surface area contributed by atoms with Gasteiger partial charge in [0.25, 0.3) is 5.91 Å². The molecular formula is C20H15ClFN5O. The SMILES string of the molecule is O=C(NCc1cnn(-c2ccc(Cl)cc2)c1)c1cnn(-c2ccccc2F)c1. The average molecular weight is 396 g/mol. The van der Waals surface area contributed by atoms with E-state index in [-0.39, 0.29) is 11.6 Å². The maximum absolute atomic E-state index is 13.8. The molecule has 0 bridgehead atoms. The van der Waals surface area contributed by atoms with Gasteiger partial charge in [-0.1, -0.05) is 23.7 Å². The number of rotatable bonds is 5. The van der Waals surface area contributed by atoms with Crippen LogP contribution in [0.25, 0.3) is 11.4 Å². The summed E-state index contributed by atoms with van der Waals surface area (Å²) in [5.74, 6) is -0.714. The number of halogens is 2. The Morgan fingerprint density at radius 1 is 1.00 bits per heavy atom. The molecule has 0 aliphatic heterocycles. The molecule has 140 valence electrons. The van der Waals surface area contributed by atoms with Crippen LogP contribution in [0.15, 0.2) is 73.3 Å². The highest BCUT2D eigenvalue weighted by molar-refractivity contribution is 6.30. The van der Waals surface area contributed by atoms with E-state index in [9.17, 15) is 9.18 Å². The largest absolute Gasteiger partial charge is 0.348 e. The topological polar surface area (TPSA) is 64.7 Å². The highest BCUT2D eigenvalue weighted by Gasteiger charge is 2.12. The molecular weight excluding hydrogens is 381 g/mol. The van der Waals surface area contributed by atoms with Crippen LogP contribution in [-0.2, 0) is 6.54 Å². The van der Waals surface area contributed by atoms with E-state index < -0.39 is 5.82 Å². The molecule has 4 aromatic rings. The van der Waals surface area contributed by atoms with Gasteiger partial charge >= 0.3 is 0 Å². The first kappa shape index (κ1) is 17.9. The number of para-hydroxylation sites is 1. The van der Waals surface area contributed by atoms with Crippen LogP contribution in [0.3, 0.4) is 0 Å². The highest BCUT2D eigenvalue weighted by atomic mass is 35.5. The number of amides is 1. The maximum Gasteiger partial charge on any atom is 0.254 e. The molecule has 1 N–H and O–H groups in total. The number of hydrogen-bond donors (Lipinski definition) is 1. The van der Waals surface area contributed by atoms with Crippen LogP contribution in [0.2, 0.25) is 5.02 Å². The molecule has 0 saturated heterocycles. The molecule has 0 spiro atoms. The molecule has 0 aliphatic carbocycles. The van der Waals surface area contributed by atoms with Crippen LogP contribution >= 0.6 is 11.6 Å². The van der Waals surface area contributed by atoms with Gasteiger partial charge in [-0.3, -0.25) is 4.79 Å². The Kier molecular flexibility index (Phi) is 4.90. The van der Waals surface area contributed by atoms with Crippen molar-refractivity contribution < 1.29 is 9.18 Å². The van der Waals surface area contributed by atoms with Crippen LogP contribution < -0.4 is 5.32 Å². The minimum Gasteiger partial charge on any atom is -0.348 e. The standard InChI is InChI=1S/C20H15ClFN5O/c21-16-5-7-17(8-6-16)26-12-14(10-24-26)9-23-20(28)15-11-25-27(13-15)19-4-2-1-3-18(19)22/h1-8,10-13H,9H2,(H,23,28). The van der Waals surface area contributed by atoms with E-state index in [1.165, 1.54) is 23.1 Å². The van der Waals surface area contributed by atoms with Crippen molar-refractivity contribution >= 4 is 17.5 Å². The van der Waals surface area contributed by atoms with Crippen LogP contribution in [0.4, 0.5) is 4.39 Å². The fourth-order valence-corrected chi connectivity index (χ4v) is 2.81. The Morgan fingerprint density at radius 2 is 1.75 bits per heavy atom. The van der Waals surface area contributed by atoms with Crippen molar-refractivity contribution in [3.05, 3.63) is 95.3 Å². The van der Waals surface area contributed by atoms with E-state index in [1.54, 1.807) is 41.2 Å². The van der Waals surface area contributed by atoms with Gasteiger partial charge in [-0.15, -0.1) is 0 Å². The molecule has 8 heteroatoms. The van der Waals surface area contributed by atoms with Crippen molar-refractivity contribution in [2.45, 2.75) is 6.54 Å². The number of nitrogens with one attached hydrogen (secondary N) is 1. The number of nitrogens with zero attached hydrogens (tertiary/aromatic N) is 4. The lowest BCUT2D eigenvalue weighted by molar-refractivity contribution is 0.0951. The second-order valence-electron chi connectivity index (χ2n) is 6.08. The normalized spacial score (nSPS) is 10.8. The number of aromatic nitrogens is 4. The summed E-state index contributed by atoms with van der Waals surface area (Å²) >= 11 is 5.89. The monoisotopic (exact) mass is 395 g/mol. The minimum atomic E-state index is -0.410. The molecule has 0 radical (unpaired) electrons. The van der Waals surface area contributed by atoms with Gasteiger partial charge in [0.15, 0.2) is 0 Å². The summed E-state index contributed by atoms with van der Waals surface area (Å²) < 4.78 is 16.9. The molecule has 1 amide bonds. The van der Waals surface area contributed by atoms with Crippen LogP contribution in [0.5, 0.6) is 0 Å². The Balaban J connectivity index is 1.41. The van der Waals surface area contributed by atoms with Crippen molar-refractivity contribution in [2.24, 2.45) is 0 Å². The Morgan fingerprint density at radius 3 is 2.54 bits per heavy atom. The third-order valence-corrected chi connectivity index (χ3v) is 4.38. The molecule has 0 saturated carbocycles. The predicted molar refractivity (Wildman–Crippen MR) is 103 cm³/mol. The second kappa shape index (κ2) is 7.66. The zero-order valence-electron chi connectivity index (χ0n) is 14.6. The first-order chi connectivity index (χ1) is 13.6. The van der Waals surface area contributed by atoms with Gasteiger partial charge in [-0.25, -0.2) is 13.8 Å². The Hall–Kier alpha value is -3.45. The van der Waals surface area contributed by atoms with Crippen LogP contribution in [-0.4, -0.2) is 25.5 Å². The summed E-state index contributed by atoms with van der Waals surface area (Å²) in [5.41, 5.74) is 2.33. The van der Waals surface area contributed by atoms with Crippen molar-refractivity contribution in [1.82, 2.24) is 24.9 Å². The number of carbonyl (C=O) groups excluding carboxylic acids is 1. The molecule has 0 unspecified atom stereocenters. The number of benzene rings is 2. The second-order valence-corrected chi connectivity index (χ2v) is 6.51. The summed E-state index contributed by atoms with van der Waals surface area (Å²) in [6, 6.07) is 13.5. The van der Waals surface area contributed by atoms with Crippen molar-refractivity contribution in [2.75, 3.05) is 0 Å². The van der Waals surface area contributed by atoms with Crippen molar-refractivity contribution in [1.29, 1.82) is 0 Å². The van der Waals surface area contributed by atoms with Crippen LogP contribution in [0, 0.1) is 5.82 Å². The lowest BCUT2D eigenvalue weighted by Gasteiger charge is -2.03. The van der Waals surface area contributed by atoms with Gasteiger partial charge in [0.2, 0.25) is 0 Å².